The summed E-state index contributed by atoms with van der Waals surface area (Å²) in [6, 6.07) is 3.55. The second-order valence-corrected chi connectivity index (χ2v) is 10.1. The van der Waals surface area contributed by atoms with E-state index >= 15 is 0 Å². The van der Waals surface area contributed by atoms with Crippen LogP contribution >= 0.6 is 0 Å². The Morgan fingerprint density at radius 2 is 1.86 bits per heavy atom. The molecule has 3 aliphatic carbocycles. The zero-order chi connectivity index (χ0) is 21.4. The smallest absolute Gasteiger partial charge is 0.137 e. The Morgan fingerprint density at radius 1 is 1.21 bits per heavy atom. The molecule has 0 amide bonds. The molecular formula is C23H33N3O3. The van der Waals surface area contributed by atoms with Gasteiger partial charge in [0, 0.05) is 35.3 Å². The molecular weight excluding hydrogens is 366 g/mol. The quantitative estimate of drug-likeness (QED) is 0.243. The number of carbonyl (C=O) groups excluding carboxylic acids is 1. The number of phenolic OH excluding ortho intramolecular Hbond substituents is 2. The largest absolute Gasteiger partial charge is 0.508 e. The highest BCUT2D eigenvalue weighted by Crippen LogP contribution is 2.64. The molecule has 6 heteroatoms. The van der Waals surface area contributed by atoms with E-state index in [2.05, 4.69) is 37.7 Å². The number of aromatic hydroxyl groups is 2. The van der Waals surface area contributed by atoms with Crippen LogP contribution < -0.4 is 0 Å². The predicted molar refractivity (Wildman–Crippen MR) is 113 cm³/mol. The van der Waals surface area contributed by atoms with Gasteiger partial charge >= 0.3 is 0 Å². The first-order valence-corrected chi connectivity index (χ1v) is 10.7. The van der Waals surface area contributed by atoms with Gasteiger partial charge in [0.05, 0.1) is 0 Å². The van der Waals surface area contributed by atoms with Gasteiger partial charge in [0.25, 0.3) is 0 Å². The normalized spacial score (nSPS) is 25.2. The van der Waals surface area contributed by atoms with E-state index in [0.29, 0.717) is 24.4 Å². The fraction of sp³-hybridized carbons (Fsp3) is 0.696. The van der Waals surface area contributed by atoms with Crippen molar-refractivity contribution < 1.29 is 15.0 Å². The Hall–Kier alpha value is -2.20. The minimum absolute atomic E-state index is 0.0631. The average molecular weight is 400 g/mol. The molecule has 2 N–H and O–H groups in total. The number of rotatable bonds is 8. The number of Topliss-reactive ketones (excluding diaryl/α,β-unsaturated/α-hetero) is 1. The van der Waals surface area contributed by atoms with Crippen molar-refractivity contribution in [2.45, 2.75) is 77.6 Å². The second kappa shape index (κ2) is 7.91. The van der Waals surface area contributed by atoms with Crippen molar-refractivity contribution in [2.24, 2.45) is 22.4 Å². The molecule has 158 valence electrons. The molecule has 4 rings (SSSR count). The lowest BCUT2D eigenvalue weighted by Gasteiger charge is -2.59. The highest BCUT2D eigenvalue weighted by molar-refractivity contribution is 5.86. The molecule has 0 spiro atoms. The third-order valence-corrected chi connectivity index (χ3v) is 7.55. The Bertz CT molecular complexity index is 817. The zero-order valence-electron chi connectivity index (χ0n) is 18.0. The minimum atomic E-state index is -0.199. The molecule has 1 aromatic rings. The van der Waals surface area contributed by atoms with Crippen molar-refractivity contribution >= 4 is 5.78 Å². The molecule has 29 heavy (non-hydrogen) atoms. The number of hydrogen-bond acceptors (Lipinski definition) is 4. The Kier molecular flexibility index (Phi) is 5.86. The third-order valence-electron chi connectivity index (χ3n) is 7.55. The second-order valence-electron chi connectivity index (χ2n) is 10.1. The van der Waals surface area contributed by atoms with Gasteiger partial charge in [-0.2, -0.15) is 0 Å². The van der Waals surface area contributed by atoms with Crippen LogP contribution in [0.15, 0.2) is 17.2 Å². The van der Waals surface area contributed by atoms with Crippen LogP contribution in [0.2, 0.25) is 0 Å². The summed E-state index contributed by atoms with van der Waals surface area (Å²) in [5.41, 5.74) is 9.51. The summed E-state index contributed by atoms with van der Waals surface area (Å²) >= 11 is 0. The Balaban J connectivity index is 1.75. The first-order valence-electron chi connectivity index (χ1n) is 10.7. The van der Waals surface area contributed by atoms with E-state index < -0.39 is 0 Å². The van der Waals surface area contributed by atoms with Crippen LogP contribution in [0.5, 0.6) is 11.5 Å². The summed E-state index contributed by atoms with van der Waals surface area (Å²) in [4.78, 5) is 15.3. The van der Waals surface area contributed by atoms with Crippen molar-refractivity contribution in [2.75, 3.05) is 6.54 Å². The maximum absolute atomic E-state index is 12.5. The maximum Gasteiger partial charge on any atom is 0.137 e. The van der Waals surface area contributed by atoms with Gasteiger partial charge in [0.15, 0.2) is 0 Å². The fourth-order valence-corrected chi connectivity index (χ4v) is 5.50. The summed E-state index contributed by atoms with van der Waals surface area (Å²) < 4.78 is 0. The van der Waals surface area contributed by atoms with E-state index in [4.69, 9.17) is 5.53 Å². The monoisotopic (exact) mass is 399 g/mol. The number of nitrogens with zero attached hydrogens (tertiary/aromatic N) is 3. The molecule has 2 bridgehead atoms. The summed E-state index contributed by atoms with van der Waals surface area (Å²) in [6.45, 7) is 8.99. The van der Waals surface area contributed by atoms with Gasteiger partial charge in [-0.05, 0) is 59.2 Å². The molecule has 0 aliphatic heterocycles. The molecule has 0 saturated heterocycles. The van der Waals surface area contributed by atoms with Gasteiger partial charge in [0.2, 0.25) is 0 Å². The lowest BCUT2D eigenvalue weighted by molar-refractivity contribution is -0.151. The number of phenols is 2. The van der Waals surface area contributed by atoms with Crippen molar-refractivity contribution in [3.05, 3.63) is 33.7 Å². The highest BCUT2D eigenvalue weighted by atomic mass is 16.3. The van der Waals surface area contributed by atoms with Crippen LogP contribution in [-0.2, 0) is 10.2 Å². The summed E-state index contributed by atoms with van der Waals surface area (Å²) in [6.07, 6.45) is 4.99. The van der Waals surface area contributed by atoms with Crippen LogP contribution in [0.3, 0.4) is 0 Å². The maximum atomic E-state index is 12.5. The molecule has 6 nitrogen and oxygen atoms in total. The van der Waals surface area contributed by atoms with Gasteiger partial charge in [-0.15, -0.1) is 0 Å². The van der Waals surface area contributed by atoms with E-state index in [9.17, 15) is 15.0 Å². The number of fused-ring (bicyclic) bond motifs is 2. The molecule has 3 aliphatic rings. The molecule has 3 atom stereocenters. The van der Waals surface area contributed by atoms with Crippen LogP contribution in [0, 0.1) is 17.3 Å². The Morgan fingerprint density at radius 3 is 2.41 bits per heavy atom. The first-order chi connectivity index (χ1) is 13.6. The highest BCUT2D eigenvalue weighted by Gasteiger charge is 2.59. The van der Waals surface area contributed by atoms with Crippen LogP contribution in [0.4, 0.5) is 0 Å². The van der Waals surface area contributed by atoms with Crippen molar-refractivity contribution in [1.29, 1.82) is 0 Å². The van der Waals surface area contributed by atoms with Crippen LogP contribution in [0.1, 0.15) is 83.3 Å². The average Bonchev–Trinajstić information content (AvgIpc) is 2.63. The van der Waals surface area contributed by atoms with Gasteiger partial charge in [-0.25, -0.2) is 0 Å². The molecule has 3 saturated carbocycles. The van der Waals surface area contributed by atoms with E-state index in [1.807, 2.05) is 0 Å². The van der Waals surface area contributed by atoms with Gasteiger partial charge in [-0.1, -0.05) is 45.7 Å². The predicted octanol–water partition coefficient (Wildman–Crippen LogP) is 5.96. The van der Waals surface area contributed by atoms with Crippen molar-refractivity contribution in [3.63, 3.8) is 0 Å². The topological polar surface area (TPSA) is 106 Å². The van der Waals surface area contributed by atoms with Gasteiger partial charge < -0.3 is 10.2 Å². The molecule has 0 radical (unpaired) electrons. The molecule has 0 aromatic heterocycles. The standard InChI is InChI=1S/C23H33N3O3/c1-22(2,8-6-5-7-9-25-26-24)14-10-19(28)21(20(29)11-14)15-12-18(27)17-13-16(15)23(17,3)4/h10-11,15-17,28-29H,5-9,12-13H2,1-4H3/t15-,16?,17?/m1/s1. The van der Waals surface area contributed by atoms with Crippen LogP contribution in [0.25, 0.3) is 10.4 Å². The minimum Gasteiger partial charge on any atom is -0.508 e. The first kappa shape index (κ1) is 21.5. The summed E-state index contributed by atoms with van der Waals surface area (Å²) in [5, 5.41) is 25.2. The molecule has 0 heterocycles. The number of hydrogen-bond donors (Lipinski definition) is 2. The fourth-order valence-electron chi connectivity index (χ4n) is 5.50. The van der Waals surface area contributed by atoms with Gasteiger partial charge in [-0.3, -0.25) is 4.79 Å². The Labute approximate surface area is 173 Å². The van der Waals surface area contributed by atoms with Gasteiger partial charge in [0.1, 0.15) is 17.3 Å². The lowest BCUT2D eigenvalue weighted by atomic mass is 9.44. The van der Waals surface area contributed by atoms with E-state index in [1.54, 1.807) is 12.1 Å². The summed E-state index contributed by atoms with van der Waals surface area (Å²) in [7, 11) is 0. The van der Waals surface area contributed by atoms with E-state index in [0.717, 1.165) is 37.7 Å². The molecule has 1 aromatic carbocycles. The lowest BCUT2D eigenvalue weighted by Crippen LogP contribution is -2.56. The number of ketones is 1. The van der Waals surface area contributed by atoms with Crippen LogP contribution in [-0.4, -0.2) is 22.5 Å². The van der Waals surface area contributed by atoms with E-state index in [-0.39, 0.29) is 39.9 Å². The number of azide groups is 1. The number of benzene rings is 1. The van der Waals surface area contributed by atoms with Crippen molar-refractivity contribution in [1.82, 2.24) is 0 Å². The zero-order valence-corrected chi connectivity index (χ0v) is 18.0. The third kappa shape index (κ3) is 3.95. The summed E-state index contributed by atoms with van der Waals surface area (Å²) in [5.74, 6) is 0.805. The van der Waals surface area contributed by atoms with E-state index in [1.165, 1.54) is 0 Å². The molecule has 3 fully saturated rings. The molecule has 2 unspecified atom stereocenters. The van der Waals surface area contributed by atoms with Crippen molar-refractivity contribution in [3.8, 4) is 11.5 Å². The SMILES string of the molecule is CC(C)(CCCCCN=[N+]=[N-])c1cc(O)c([C@@H]2CC(=O)C3CC2C3(C)C)c(O)c1. The number of carbonyl (C=O) groups is 1. The number of unbranched alkanes of at least 4 members (excludes halogenated alkanes) is 2.